The second kappa shape index (κ2) is 5.61. The Hall–Kier alpha value is -1.55. The van der Waals surface area contributed by atoms with E-state index in [0.29, 0.717) is 0 Å². The van der Waals surface area contributed by atoms with Crippen LogP contribution in [0.1, 0.15) is 13.8 Å². The summed E-state index contributed by atoms with van der Waals surface area (Å²) in [6.07, 6.45) is 0. The largest absolute Gasteiger partial charge is 0.481 e. The topological polar surface area (TPSA) is 49.3 Å². The number of fused-ring (bicyclic) bond motifs is 1. The molecule has 2 aromatic rings. The number of carbonyl (C=O) groups is 1. The Balaban J connectivity index is 2.22. The van der Waals surface area contributed by atoms with E-state index < -0.39 is 11.9 Å². The van der Waals surface area contributed by atoms with Gasteiger partial charge in [-0.05, 0) is 48.9 Å². The van der Waals surface area contributed by atoms with Crippen LogP contribution in [0.15, 0.2) is 40.9 Å². The lowest BCUT2D eigenvalue weighted by Gasteiger charge is -2.19. The molecule has 19 heavy (non-hydrogen) atoms. The SMILES string of the molecule is CC(Nc1ccc2cc(Br)ccc2c1)C(C)C(=O)O. The monoisotopic (exact) mass is 321 g/mol. The van der Waals surface area contributed by atoms with Crippen LogP contribution in [-0.4, -0.2) is 17.1 Å². The number of halogens is 1. The first kappa shape index (κ1) is 13.9. The van der Waals surface area contributed by atoms with Gasteiger partial charge in [0.2, 0.25) is 0 Å². The van der Waals surface area contributed by atoms with Gasteiger partial charge in [-0.25, -0.2) is 0 Å². The summed E-state index contributed by atoms with van der Waals surface area (Å²) in [7, 11) is 0. The number of rotatable bonds is 4. The van der Waals surface area contributed by atoms with Gasteiger partial charge in [0.25, 0.3) is 0 Å². The molecule has 0 fully saturated rings. The van der Waals surface area contributed by atoms with E-state index >= 15 is 0 Å². The average molecular weight is 322 g/mol. The van der Waals surface area contributed by atoms with E-state index in [-0.39, 0.29) is 6.04 Å². The summed E-state index contributed by atoms with van der Waals surface area (Å²) in [4.78, 5) is 10.9. The highest BCUT2D eigenvalue weighted by Crippen LogP contribution is 2.24. The molecule has 2 unspecified atom stereocenters. The maximum atomic E-state index is 10.9. The molecular formula is C15H16BrNO2. The van der Waals surface area contributed by atoms with Gasteiger partial charge >= 0.3 is 5.97 Å². The molecule has 0 spiro atoms. The quantitative estimate of drug-likeness (QED) is 0.890. The summed E-state index contributed by atoms with van der Waals surface area (Å²) in [6.45, 7) is 3.59. The second-order valence-electron chi connectivity index (χ2n) is 4.77. The van der Waals surface area contributed by atoms with Gasteiger partial charge in [0.05, 0.1) is 5.92 Å². The Morgan fingerprint density at radius 2 is 1.79 bits per heavy atom. The highest BCUT2D eigenvalue weighted by atomic mass is 79.9. The molecule has 0 aliphatic carbocycles. The molecule has 2 aromatic carbocycles. The zero-order valence-corrected chi connectivity index (χ0v) is 12.4. The zero-order valence-electron chi connectivity index (χ0n) is 10.9. The normalized spacial score (nSPS) is 14.1. The summed E-state index contributed by atoms with van der Waals surface area (Å²) in [6, 6.07) is 12.0. The van der Waals surface area contributed by atoms with Crippen molar-refractivity contribution in [2.75, 3.05) is 5.32 Å². The van der Waals surface area contributed by atoms with Crippen molar-refractivity contribution in [1.29, 1.82) is 0 Å². The van der Waals surface area contributed by atoms with Gasteiger partial charge in [-0.15, -0.1) is 0 Å². The first-order valence-electron chi connectivity index (χ1n) is 6.16. The van der Waals surface area contributed by atoms with Crippen molar-refractivity contribution in [2.24, 2.45) is 5.92 Å². The van der Waals surface area contributed by atoms with E-state index in [1.807, 2.05) is 37.3 Å². The van der Waals surface area contributed by atoms with Gasteiger partial charge in [0.15, 0.2) is 0 Å². The zero-order chi connectivity index (χ0) is 14.0. The maximum absolute atomic E-state index is 10.9. The van der Waals surface area contributed by atoms with Crippen LogP contribution in [0.25, 0.3) is 10.8 Å². The van der Waals surface area contributed by atoms with E-state index in [9.17, 15) is 4.79 Å². The third-order valence-electron chi connectivity index (χ3n) is 3.34. The van der Waals surface area contributed by atoms with E-state index in [0.717, 1.165) is 20.9 Å². The summed E-state index contributed by atoms with van der Waals surface area (Å²) in [5, 5.41) is 14.5. The number of hydrogen-bond acceptors (Lipinski definition) is 2. The molecule has 0 aliphatic heterocycles. The number of carboxylic acid groups (broad SMARTS) is 1. The first-order chi connectivity index (χ1) is 8.97. The Labute approximate surface area is 120 Å². The van der Waals surface area contributed by atoms with Crippen molar-refractivity contribution in [3.05, 3.63) is 40.9 Å². The third kappa shape index (κ3) is 3.26. The van der Waals surface area contributed by atoms with Crippen LogP contribution in [0.5, 0.6) is 0 Å². The summed E-state index contributed by atoms with van der Waals surface area (Å²) >= 11 is 3.45. The highest BCUT2D eigenvalue weighted by molar-refractivity contribution is 9.10. The Bertz CT molecular complexity index is 612. The lowest BCUT2D eigenvalue weighted by atomic mass is 10.0. The molecule has 4 heteroatoms. The molecular weight excluding hydrogens is 306 g/mol. The standard InChI is InChI=1S/C15H16BrNO2/c1-9(15(18)19)10(2)17-14-6-4-11-7-13(16)5-3-12(11)8-14/h3-10,17H,1-2H3,(H,18,19). The maximum Gasteiger partial charge on any atom is 0.308 e. The van der Waals surface area contributed by atoms with Gasteiger partial charge in [-0.2, -0.15) is 0 Å². The van der Waals surface area contributed by atoms with Crippen LogP contribution in [0.3, 0.4) is 0 Å². The van der Waals surface area contributed by atoms with E-state index in [4.69, 9.17) is 5.11 Å². The van der Waals surface area contributed by atoms with Gasteiger partial charge in [0, 0.05) is 16.2 Å². The molecule has 3 nitrogen and oxygen atoms in total. The minimum Gasteiger partial charge on any atom is -0.481 e. The molecule has 0 saturated heterocycles. The number of aliphatic carboxylic acids is 1. The molecule has 0 bridgehead atoms. The molecule has 2 atom stereocenters. The molecule has 0 aromatic heterocycles. The number of hydrogen-bond donors (Lipinski definition) is 2. The fraction of sp³-hybridized carbons (Fsp3) is 0.267. The average Bonchev–Trinajstić information content (AvgIpc) is 2.37. The fourth-order valence-electron chi connectivity index (χ4n) is 1.91. The Morgan fingerprint density at radius 1 is 1.16 bits per heavy atom. The second-order valence-corrected chi connectivity index (χ2v) is 5.68. The summed E-state index contributed by atoms with van der Waals surface area (Å²) < 4.78 is 1.05. The molecule has 2 N–H and O–H groups in total. The van der Waals surface area contributed by atoms with Crippen molar-refractivity contribution >= 4 is 38.4 Å². The van der Waals surface area contributed by atoms with Gasteiger partial charge < -0.3 is 10.4 Å². The molecule has 0 amide bonds. The van der Waals surface area contributed by atoms with Crippen LogP contribution >= 0.6 is 15.9 Å². The molecule has 0 aliphatic rings. The first-order valence-corrected chi connectivity index (χ1v) is 6.95. The molecule has 100 valence electrons. The smallest absolute Gasteiger partial charge is 0.308 e. The lowest BCUT2D eigenvalue weighted by molar-refractivity contribution is -0.141. The molecule has 0 heterocycles. The van der Waals surface area contributed by atoms with E-state index in [1.54, 1.807) is 6.92 Å². The van der Waals surface area contributed by atoms with Gasteiger partial charge in [-0.3, -0.25) is 4.79 Å². The number of carboxylic acids is 1. The van der Waals surface area contributed by atoms with Crippen molar-refractivity contribution in [2.45, 2.75) is 19.9 Å². The minimum absolute atomic E-state index is 0.120. The Morgan fingerprint density at radius 3 is 2.47 bits per heavy atom. The van der Waals surface area contributed by atoms with Crippen molar-refractivity contribution in [1.82, 2.24) is 0 Å². The number of nitrogens with one attached hydrogen (secondary N) is 1. The van der Waals surface area contributed by atoms with Crippen molar-refractivity contribution < 1.29 is 9.90 Å². The Kier molecular flexibility index (Phi) is 4.10. The predicted octanol–water partition coefficient (Wildman–Crippen LogP) is 4.12. The van der Waals surface area contributed by atoms with Crippen LogP contribution in [0, 0.1) is 5.92 Å². The molecule has 2 rings (SSSR count). The molecule has 0 radical (unpaired) electrons. The fourth-order valence-corrected chi connectivity index (χ4v) is 2.29. The van der Waals surface area contributed by atoms with Crippen LogP contribution < -0.4 is 5.32 Å². The number of anilines is 1. The molecule has 0 saturated carbocycles. The summed E-state index contributed by atoms with van der Waals surface area (Å²) in [5.41, 5.74) is 0.940. The lowest BCUT2D eigenvalue weighted by Crippen LogP contribution is -2.29. The number of benzene rings is 2. The van der Waals surface area contributed by atoms with E-state index in [2.05, 4.69) is 27.3 Å². The van der Waals surface area contributed by atoms with Gasteiger partial charge in [0.1, 0.15) is 0 Å². The third-order valence-corrected chi connectivity index (χ3v) is 3.83. The van der Waals surface area contributed by atoms with Crippen LogP contribution in [0.2, 0.25) is 0 Å². The van der Waals surface area contributed by atoms with Crippen molar-refractivity contribution in [3.8, 4) is 0 Å². The highest BCUT2D eigenvalue weighted by Gasteiger charge is 2.18. The summed E-state index contributed by atoms with van der Waals surface area (Å²) in [5.74, 6) is -1.22. The van der Waals surface area contributed by atoms with Crippen molar-refractivity contribution in [3.63, 3.8) is 0 Å². The minimum atomic E-state index is -0.787. The van der Waals surface area contributed by atoms with E-state index in [1.165, 1.54) is 0 Å². The van der Waals surface area contributed by atoms with Crippen LogP contribution in [-0.2, 0) is 4.79 Å². The van der Waals surface area contributed by atoms with Crippen LogP contribution in [0.4, 0.5) is 5.69 Å². The van der Waals surface area contributed by atoms with Gasteiger partial charge in [-0.1, -0.05) is 28.1 Å². The predicted molar refractivity (Wildman–Crippen MR) is 81.5 cm³/mol.